The Bertz CT molecular complexity index is 372. The van der Waals surface area contributed by atoms with Crippen molar-refractivity contribution in [1.29, 1.82) is 0 Å². The summed E-state index contributed by atoms with van der Waals surface area (Å²) in [4.78, 5) is 12.0. The molecule has 0 aliphatic carbocycles. The number of hydrogen-bond donors (Lipinski definition) is 2. The van der Waals surface area contributed by atoms with Gasteiger partial charge in [0.1, 0.15) is 5.60 Å². The maximum atomic E-state index is 12.0. The zero-order chi connectivity index (χ0) is 18.5. The fourth-order valence-corrected chi connectivity index (χ4v) is 2.88. The molecule has 0 radical (unpaired) electrons. The molecule has 0 spiro atoms. The van der Waals surface area contributed by atoms with Gasteiger partial charge < -0.3 is 19.6 Å². The Morgan fingerprint density at radius 1 is 1.17 bits per heavy atom. The predicted octanol–water partition coefficient (Wildman–Crippen LogP) is 3.92. The summed E-state index contributed by atoms with van der Waals surface area (Å²) in [5.41, 5.74) is -0.533. The van der Waals surface area contributed by atoms with Crippen molar-refractivity contribution in [2.75, 3.05) is 13.2 Å². The summed E-state index contributed by atoms with van der Waals surface area (Å²) >= 11 is 0. The standard InChI is InChI=1S/C17H37NO4Si/c1-13(12-21-23(8,9)17(5,6)7)14(10-11-19)18-15(20)22-16(2,3)4/h13-14,19H,10-12H2,1-9H3,(H,18,20). The van der Waals surface area contributed by atoms with Crippen LogP contribution in [0.1, 0.15) is 54.9 Å². The predicted molar refractivity (Wildman–Crippen MR) is 97.2 cm³/mol. The van der Waals surface area contributed by atoms with Gasteiger partial charge in [-0.05, 0) is 51.2 Å². The first-order chi connectivity index (χ1) is 10.2. The Labute approximate surface area is 143 Å². The molecular formula is C17H37NO4Si. The lowest BCUT2D eigenvalue weighted by Gasteiger charge is -2.38. The molecule has 0 aliphatic rings. The van der Waals surface area contributed by atoms with Gasteiger partial charge in [-0.1, -0.05) is 27.7 Å². The maximum Gasteiger partial charge on any atom is 0.407 e. The van der Waals surface area contributed by atoms with Crippen LogP contribution in [0.4, 0.5) is 4.79 Å². The van der Waals surface area contributed by atoms with Crippen LogP contribution in [-0.2, 0) is 9.16 Å². The van der Waals surface area contributed by atoms with Crippen LogP contribution in [0.5, 0.6) is 0 Å². The number of aliphatic hydroxyl groups is 1. The third-order valence-electron chi connectivity index (χ3n) is 4.34. The van der Waals surface area contributed by atoms with Crippen LogP contribution in [-0.4, -0.2) is 44.4 Å². The van der Waals surface area contributed by atoms with E-state index in [1.807, 2.05) is 27.7 Å². The lowest BCUT2D eigenvalue weighted by atomic mass is 10.0. The number of hydrogen-bond acceptors (Lipinski definition) is 4. The molecule has 0 saturated heterocycles. The molecule has 6 heteroatoms. The van der Waals surface area contributed by atoms with Crippen LogP contribution in [0, 0.1) is 5.92 Å². The Morgan fingerprint density at radius 3 is 2.09 bits per heavy atom. The summed E-state index contributed by atoms with van der Waals surface area (Å²) in [6.45, 7) is 19.1. The minimum atomic E-state index is -1.82. The zero-order valence-electron chi connectivity index (χ0n) is 16.4. The van der Waals surface area contributed by atoms with E-state index in [1.54, 1.807) is 0 Å². The number of nitrogens with one attached hydrogen (secondary N) is 1. The van der Waals surface area contributed by atoms with Crippen LogP contribution in [0.15, 0.2) is 0 Å². The van der Waals surface area contributed by atoms with E-state index in [0.717, 1.165) is 0 Å². The van der Waals surface area contributed by atoms with Gasteiger partial charge in [0.05, 0.1) is 0 Å². The van der Waals surface area contributed by atoms with Crippen LogP contribution in [0.2, 0.25) is 18.1 Å². The van der Waals surface area contributed by atoms with Crippen molar-refractivity contribution in [3.8, 4) is 0 Å². The molecular weight excluding hydrogens is 310 g/mol. The van der Waals surface area contributed by atoms with E-state index < -0.39 is 20.0 Å². The van der Waals surface area contributed by atoms with Gasteiger partial charge in [-0.25, -0.2) is 4.79 Å². The summed E-state index contributed by atoms with van der Waals surface area (Å²) in [5, 5.41) is 12.3. The Balaban J connectivity index is 4.68. The first kappa shape index (κ1) is 22.4. The van der Waals surface area contributed by atoms with Crippen molar-refractivity contribution in [1.82, 2.24) is 5.32 Å². The highest BCUT2D eigenvalue weighted by Crippen LogP contribution is 2.36. The van der Waals surface area contributed by atoms with E-state index >= 15 is 0 Å². The molecule has 0 fully saturated rings. The molecule has 0 aromatic rings. The third kappa shape index (κ3) is 8.72. The van der Waals surface area contributed by atoms with E-state index in [-0.39, 0.29) is 23.6 Å². The minimum absolute atomic E-state index is 0.0187. The average Bonchev–Trinajstić information content (AvgIpc) is 2.31. The highest BCUT2D eigenvalue weighted by Gasteiger charge is 2.37. The molecule has 0 aliphatic heterocycles. The zero-order valence-corrected chi connectivity index (χ0v) is 17.4. The van der Waals surface area contributed by atoms with Crippen molar-refractivity contribution in [3.63, 3.8) is 0 Å². The molecule has 0 rings (SSSR count). The van der Waals surface area contributed by atoms with Crippen molar-refractivity contribution in [3.05, 3.63) is 0 Å². The summed E-state index contributed by atoms with van der Waals surface area (Å²) in [6.07, 6.45) is 0.0384. The number of amides is 1. The summed E-state index contributed by atoms with van der Waals surface area (Å²) < 4.78 is 11.5. The van der Waals surface area contributed by atoms with Crippen LogP contribution in [0.3, 0.4) is 0 Å². The molecule has 2 N–H and O–H groups in total. The normalized spacial score (nSPS) is 15.9. The van der Waals surface area contributed by atoms with E-state index in [0.29, 0.717) is 13.0 Å². The molecule has 138 valence electrons. The second-order valence-electron chi connectivity index (χ2n) is 8.81. The largest absolute Gasteiger partial charge is 0.444 e. The second-order valence-corrected chi connectivity index (χ2v) is 13.6. The van der Waals surface area contributed by atoms with Crippen molar-refractivity contribution >= 4 is 14.4 Å². The molecule has 0 saturated carbocycles. The molecule has 0 aromatic heterocycles. The number of carbonyl (C=O) groups excluding carboxylic acids is 1. The SMILES string of the molecule is CC(CO[Si](C)(C)C(C)(C)C)C(CCO)NC(=O)OC(C)(C)C. The first-order valence-electron chi connectivity index (χ1n) is 8.44. The fourth-order valence-electron chi connectivity index (χ4n) is 1.77. The van der Waals surface area contributed by atoms with Gasteiger partial charge in [0.15, 0.2) is 8.32 Å². The smallest absolute Gasteiger partial charge is 0.407 e. The van der Waals surface area contributed by atoms with Crippen LogP contribution >= 0.6 is 0 Å². The van der Waals surface area contributed by atoms with Gasteiger partial charge in [0, 0.05) is 19.3 Å². The van der Waals surface area contributed by atoms with Crippen LogP contribution in [0.25, 0.3) is 0 Å². The molecule has 5 nitrogen and oxygen atoms in total. The monoisotopic (exact) mass is 347 g/mol. The van der Waals surface area contributed by atoms with Crippen molar-refractivity contribution in [2.45, 2.75) is 84.7 Å². The molecule has 0 bridgehead atoms. The lowest BCUT2D eigenvalue weighted by molar-refractivity contribution is 0.0465. The van der Waals surface area contributed by atoms with Gasteiger partial charge >= 0.3 is 6.09 Å². The van der Waals surface area contributed by atoms with E-state index in [9.17, 15) is 9.90 Å². The summed E-state index contributed by atoms with van der Waals surface area (Å²) in [7, 11) is -1.82. The quantitative estimate of drug-likeness (QED) is 0.685. The Morgan fingerprint density at radius 2 is 1.70 bits per heavy atom. The molecule has 0 heterocycles. The molecule has 23 heavy (non-hydrogen) atoms. The topological polar surface area (TPSA) is 67.8 Å². The molecule has 2 unspecified atom stereocenters. The molecule has 1 amide bonds. The second kappa shape index (κ2) is 8.49. The van der Waals surface area contributed by atoms with Gasteiger partial charge in [0.2, 0.25) is 0 Å². The highest BCUT2D eigenvalue weighted by atomic mass is 28.4. The third-order valence-corrected chi connectivity index (χ3v) is 8.84. The van der Waals surface area contributed by atoms with Gasteiger partial charge in [-0.3, -0.25) is 0 Å². The Hall–Kier alpha value is -0.593. The van der Waals surface area contributed by atoms with Crippen molar-refractivity contribution < 1.29 is 19.1 Å². The van der Waals surface area contributed by atoms with Crippen molar-refractivity contribution in [2.24, 2.45) is 5.92 Å². The van der Waals surface area contributed by atoms with Crippen LogP contribution < -0.4 is 5.32 Å². The van der Waals surface area contributed by atoms with E-state index in [1.165, 1.54) is 0 Å². The average molecular weight is 348 g/mol. The number of alkyl carbamates (subject to hydrolysis) is 1. The van der Waals surface area contributed by atoms with Gasteiger partial charge in [-0.2, -0.15) is 0 Å². The number of rotatable bonds is 7. The lowest BCUT2D eigenvalue weighted by Crippen LogP contribution is -2.47. The number of aliphatic hydroxyl groups excluding tert-OH is 1. The minimum Gasteiger partial charge on any atom is -0.444 e. The maximum absolute atomic E-state index is 12.0. The fraction of sp³-hybridized carbons (Fsp3) is 0.941. The summed E-state index contributed by atoms with van der Waals surface area (Å²) in [5.74, 6) is 0.101. The van der Waals surface area contributed by atoms with E-state index in [4.69, 9.17) is 9.16 Å². The first-order valence-corrected chi connectivity index (χ1v) is 11.3. The highest BCUT2D eigenvalue weighted by molar-refractivity contribution is 6.74. The van der Waals surface area contributed by atoms with Gasteiger partial charge in [-0.15, -0.1) is 0 Å². The Kier molecular flexibility index (Phi) is 8.27. The summed E-state index contributed by atoms with van der Waals surface area (Å²) in [6, 6.07) is -0.167. The van der Waals surface area contributed by atoms with E-state index in [2.05, 4.69) is 39.2 Å². The van der Waals surface area contributed by atoms with Gasteiger partial charge in [0.25, 0.3) is 0 Å². The number of carbonyl (C=O) groups is 1. The molecule has 0 aromatic carbocycles. The molecule has 2 atom stereocenters. The number of ether oxygens (including phenoxy) is 1.